The van der Waals surface area contributed by atoms with Crippen LogP contribution in [-0.4, -0.2) is 20.2 Å². The van der Waals surface area contributed by atoms with Crippen LogP contribution in [0.1, 0.15) is 33.1 Å². The maximum Gasteiger partial charge on any atom is 0.240 e. The quantitative estimate of drug-likeness (QED) is 0.783. The fourth-order valence-corrected chi connectivity index (χ4v) is 2.03. The molecule has 5 nitrogen and oxygen atoms in total. The van der Waals surface area contributed by atoms with Crippen molar-refractivity contribution in [3.63, 3.8) is 0 Å². The zero-order chi connectivity index (χ0) is 10.2. The molecule has 0 radical (unpaired) electrons. The van der Waals surface area contributed by atoms with Gasteiger partial charge >= 0.3 is 0 Å². The number of aromatic nitrogens is 4. The highest BCUT2D eigenvalue weighted by Gasteiger charge is 2.34. The maximum atomic E-state index is 5.63. The largest absolute Gasteiger partial charge is 0.367 e. The summed E-state index contributed by atoms with van der Waals surface area (Å²) in [4.78, 5) is 0. The molecule has 1 aromatic rings. The smallest absolute Gasteiger partial charge is 0.240 e. The van der Waals surface area contributed by atoms with E-state index in [-0.39, 0.29) is 5.41 Å². The normalized spacial score (nSPS) is 18.1. The van der Waals surface area contributed by atoms with Crippen LogP contribution >= 0.6 is 0 Å². The van der Waals surface area contributed by atoms with E-state index < -0.39 is 0 Å². The van der Waals surface area contributed by atoms with Gasteiger partial charge in [-0.3, -0.25) is 0 Å². The third-order valence-corrected chi connectivity index (χ3v) is 3.33. The first-order valence-electron chi connectivity index (χ1n) is 5.11. The first kappa shape index (κ1) is 9.43. The van der Waals surface area contributed by atoms with E-state index in [0.717, 1.165) is 12.5 Å². The van der Waals surface area contributed by atoms with Gasteiger partial charge in [0.05, 0.1) is 6.54 Å². The number of nitrogen functional groups attached to an aromatic ring is 1. The molecule has 1 aliphatic rings. The van der Waals surface area contributed by atoms with Crippen LogP contribution in [0.25, 0.3) is 0 Å². The summed E-state index contributed by atoms with van der Waals surface area (Å²) in [5.74, 6) is 1.21. The van der Waals surface area contributed by atoms with Gasteiger partial charge in [0.1, 0.15) is 0 Å². The number of nitrogens with zero attached hydrogens (tertiary/aromatic N) is 4. The zero-order valence-corrected chi connectivity index (χ0v) is 8.77. The lowest BCUT2D eigenvalue weighted by atomic mass is 9.67. The number of rotatable bonds is 3. The third kappa shape index (κ3) is 1.58. The van der Waals surface area contributed by atoms with Crippen molar-refractivity contribution in [2.45, 2.75) is 39.7 Å². The van der Waals surface area contributed by atoms with E-state index >= 15 is 0 Å². The van der Waals surface area contributed by atoms with Crippen molar-refractivity contribution >= 4 is 5.95 Å². The molecule has 1 aromatic heterocycles. The molecule has 5 heteroatoms. The van der Waals surface area contributed by atoms with Crippen molar-refractivity contribution in [1.29, 1.82) is 0 Å². The molecule has 0 bridgehead atoms. The summed E-state index contributed by atoms with van der Waals surface area (Å²) in [6.07, 6.45) is 4.02. The van der Waals surface area contributed by atoms with Crippen LogP contribution in [0.2, 0.25) is 0 Å². The molecule has 1 fully saturated rings. The van der Waals surface area contributed by atoms with Crippen LogP contribution in [0, 0.1) is 11.3 Å². The van der Waals surface area contributed by atoms with Crippen molar-refractivity contribution in [3.05, 3.63) is 0 Å². The van der Waals surface area contributed by atoms with E-state index in [2.05, 4.69) is 29.4 Å². The van der Waals surface area contributed by atoms with Gasteiger partial charge in [0.15, 0.2) is 0 Å². The molecule has 0 aliphatic heterocycles. The van der Waals surface area contributed by atoms with E-state index in [9.17, 15) is 0 Å². The topological polar surface area (TPSA) is 69.6 Å². The molecule has 1 aliphatic carbocycles. The van der Waals surface area contributed by atoms with E-state index in [1.807, 2.05) is 0 Å². The Balaban J connectivity index is 2.05. The Kier molecular flexibility index (Phi) is 2.17. The van der Waals surface area contributed by atoms with Crippen molar-refractivity contribution in [1.82, 2.24) is 20.2 Å². The van der Waals surface area contributed by atoms with E-state index in [4.69, 9.17) is 5.73 Å². The lowest BCUT2D eigenvalue weighted by Crippen LogP contribution is -2.34. The summed E-state index contributed by atoms with van der Waals surface area (Å²) in [5, 5.41) is 11.1. The SMILES string of the molecule is CC(C)(Cn1nnnc1N)C1CCC1. The van der Waals surface area contributed by atoms with Gasteiger partial charge in [0, 0.05) is 0 Å². The first-order valence-corrected chi connectivity index (χ1v) is 5.11. The second-order valence-electron chi connectivity index (χ2n) is 4.81. The third-order valence-electron chi connectivity index (χ3n) is 3.33. The summed E-state index contributed by atoms with van der Waals surface area (Å²) in [6.45, 7) is 5.34. The van der Waals surface area contributed by atoms with Crippen LogP contribution in [0.5, 0.6) is 0 Å². The Hall–Kier alpha value is -1.13. The van der Waals surface area contributed by atoms with Gasteiger partial charge in [-0.15, -0.1) is 0 Å². The average Bonchev–Trinajstić information content (AvgIpc) is 2.30. The molecule has 0 unspecified atom stereocenters. The number of nitrogens with two attached hydrogens (primary N) is 1. The summed E-state index contributed by atoms with van der Waals surface area (Å²) in [6, 6.07) is 0. The van der Waals surface area contributed by atoms with E-state index in [1.165, 1.54) is 19.3 Å². The summed E-state index contributed by atoms with van der Waals surface area (Å²) >= 11 is 0. The molecule has 2 rings (SSSR count). The lowest BCUT2D eigenvalue weighted by Gasteiger charge is -2.40. The molecule has 1 heterocycles. The molecule has 14 heavy (non-hydrogen) atoms. The Bertz CT molecular complexity index is 313. The minimum atomic E-state index is 0.252. The Morgan fingerprint density at radius 1 is 1.50 bits per heavy atom. The average molecular weight is 195 g/mol. The Labute approximate surface area is 83.7 Å². The van der Waals surface area contributed by atoms with Crippen molar-refractivity contribution in [3.8, 4) is 0 Å². The predicted molar refractivity (Wildman–Crippen MR) is 53.4 cm³/mol. The summed E-state index contributed by atoms with van der Waals surface area (Å²) in [5.41, 5.74) is 5.89. The van der Waals surface area contributed by atoms with Gasteiger partial charge in [0.25, 0.3) is 0 Å². The standard InChI is InChI=1S/C9H17N5/c1-9(2,7-4-3-5-7)6-14-8(10)11-12-13-14/h7H,3-6H2,1-2H3,(H2,10,11,13). The highest BCUT2D eigenvalue weighted by atomic mass is 15.6. The van der Waals surface area contributed by atoms with E-state index in [0.29, 0.717) is 5.95 Å². The molecular formula is C9H17N5. The molecular weight excluding hydrogens is 178 g/mol. The predicted octanol–water partition coefficient (Wildman–Crippen LogP) is 1.08. The monoisotopic (exact) mass is 195 g/mol. The van der Waals surface area contributed by atoms with Crippen molar-refractivity contribution in [2.75, 3.05) is 5.73 Å². The van der Waals surface area contributed by atoms with Gasteiger partial charge < -0.3 is 5.73 Å². The van der Waals surface area contributed by atoms with Gasteiger partial charge in [0.2, 0.25) is 5.95 Å². The van der Waals surface area contributed by atoms with Crippen LogP contribution in [0.4, 0.5) is 5.95 Å². The number of hydrogen-bond acceptors (Lipinski definition) is 4. The first-order chi connectivity index (χ1) is 6.59. The molecule has 0 atom stereocenters. The van der Waals surface area contributed by atoms with Crippen LogP contribution < -0.4 is 5.73 Å². The molecule has 2 N–H and O–H groups in total. The minimum Gasteiger partial charge on any atom is -0.367 e. The molecule has 0 amide bonds. The number of hydrogen-bond donors (Lipinski definition) is 1. The molecule has 0 aromatic carbocycles. The summed E-state index contributed by atoms with van der Waals surface area (Å²) in [7, 11) is 0. The van der Waals surface area contributed by atoms with Crippen molar-refractivity contribution in [2.24, 2.45) is 11.3 Å². The van der Waals surface area contributed by atoms with Crippen LogP contribution in [-0.2, 0) is 6.54 Å². The lowest BCUT2D eigenvalue weighted by molar-refractivity contribution is 0.0966. The fourth-order valence-electron chi connectivity index (χ4n) is 2.03. The zero-order valence-electron chi connectivity index (χ0n) is 8.77. The fraction of sp³-hybridized carbons (Fsp3) is 0.889. The van der Waals surface area contributed by atoms with Gasteiger partial charge in [-0.25, -0.2) is 4.68 Å². The van der Waals surface area contributed by atoms with Crippen LogP contribution in [0.15, 0.2) is 0 Å². The van der Waals surface area contributed by atoms with Crippen LogP contribution in [0.3, 0.4) is 0 Å². The highest BCUT2D eigenvalue weighted by Crippen LogP contribution is 2.42. The molecule has 0 saturated heterocycles. The minimum absolute atomic E-state index is 0.252. The Morgan fingerprint density at radius 2 is 2.21 bits per heavy atom. The number of anilines is 1. The highest BCUT2D eigenvalue weighted by molar-refractivity contribution is 5.10. The molecule has 1 saturated carbocycles. The second-order valence-corrected chi connectivity index (χ2v) is 4.81. The molecule has 0 spiro atoms. The second kappa shape index (κ2) is 3.22. The molecule has 78 valence electrons. The number of tetrazole rings is 1. The van der Waals surface area contributed by atoms with Gasteiger partial charge in [-0.2, -0.15) is 0 Å². The van der Waals surface area contributed by atoms with E-state index in [1.54, 1.807) is 4.68 Å². The van der Waals surface area contributed by atoms with Crippen molar-refractivity contribution < 1.29 is 0 Å². The maximum absolute atomic E-state index is 5.63. The Morgan fingerprint density at radius 3 is 2.64 bits per heavy atom. The van der Waals surface area contributed by atoms with Gasteiger partial charge in [-0.1, -0.05) is 25.4 Å². The van der Waals surface area contributed by atoms with Gasteiger partial charge in [-0.05, 0) is 34.6 Å². The summed E-state index contributed by atoms with van der Waals surface area (Å²) < 4.78 is 1.69.